The van der Waals surface area contributed by atoms with Crippen molar-refractivity contribution < 1.29 is 9.21 Å². The van der Waals surface area contributed by atoms with Gasteiger partial charge in [-0.3, -0.25) is 4.79 Å². The van der Waals surface area contributed by atoms with Gasteiger partial charge in [0, 0.05) is 11.3 Å². The third kappa shape index (κ3) is 4.52. The van der Waals surface area contributed by atoms with Crippen LogP contribution in [0.4, 0.5) is 5.69 Å². The molecule has 0 radical (unpaired) electrons. The fourth-order valence-corrected chi connectivity index (χ4v) is 3.10. The largest absolute Gasteiger partial charge is 0.411 e. The number of nitrogens with zero attached hydrogens (tertiary/aromatic N) is 2. The summed E-state index contributed by atoms with van der Waals surface area (Å²) in [5, 5.41) is 11.4. The molecule has 0 aliphatic rings. The van der Waals surface area contributed by atoms with Gasteiger partial charge >= 0.3 is 0 Å². The van der Waals surface area contributed by atoms with Gasteiger partial charge in [0.2, 0.25) is 11.8 Å². The molecule has 1 aromatic heterocycles. The standard InChI is InChI=1S/C20H21N3O2S/c1-3-14(2)16-11-7-8-12-17(16)21-18(24)13-26-20-23-22-19(25-20)15-9-5-4-6-10-15/h4-12,14H,3,13H2,1-2H3,(H,21,24)/t14-/m1/s1. The van der Waals surface area contributed by atoms with Crippen molar-refractivity contribution >= 4 is 23.4 Å². The van der Waals surface area contributed by atoms with E-state index in [1.807, 2.05) is 48.5 Å². The Hall–Kier alpha value is -2.60. The topological polar surface area (TPSA) is 68.0 Å². The Bertz CT molecular complexity index is 864. The quantitative estimate of drug-likeness (QED) is 0.596. The Morgan fingerprint density at radius 3 is 2.62 bits per heavy atom. The number of nitrogens with one attached hydrogen (secondary N) is 1. The first-order valence-corrected chi connectivity index (χ1v) is 9.56. The molecular formula is C20H21N3O2S. The number of hydrogen-bond donors (Lipinski definition) is 1. The zero-order chi connectivity index (χ0) is 18.4. The molecule has 26 heavy (non-hydrogen) atoms. The van der Waals surface area contributed by atoms with Crippen molar-refractivity contribution in [3.8, 4) is 11.5 Å². The van der Waals surface area contributed by atoms with E-state index in [1.54, 1.807) is 0 Å². The molecule has 1 amide bonds. The van der Waals surface area contributed by atoms with Gasteiger partial charge in [0.25, 0.3) is 5.22 Å². The van der Waals surface area contributed by atoms with Gasteiger partial charge in [-0.1, -0.05) is 62.0 Å². The van der Waals surface area contributed by atoms with Gasteiger partial charge in [0.05, 0.1) is 5.75 Å². The highest BCUT2D eigenvalue weighted by Crippen LogP contribution is 2.27. The molecule has 3 rings (SSSR count). The van der Waals surface area contributed by atoms with E-state index < -0.39 is 0 Å². The lowest BCUT2D eigenvalue weighted by Gasteiger charge is -2.15. The summed E-state index contributed by atoms with van der Waals surface area (Å²) < 4.78 is 5.61. The van der Waals surface area contributed by atoms with Gasteiger partial charge in [-0.2, -0.15) is 0 Å². The Balaban J connectivity index is 1.59. The summed E-state index contributed by atoms with van der Waals surface area (Å²) in [4.78, 5) is 12.3. The Labute approximate surface area is 157 Å². The van der Waals surface area contributed by atoms with E-state index in [-0.39, 0.29) is 11.7 Å². The molecular weight excluding hydrogens is 346 g/mol. The number of carbonyl (C=O) groups excluding carboxylic acids is 1. The molecule has 3 aromatic rings. The molecule has 1 atom stereocenters. The maximum absolute atomic E-state index is 12.3. The number of thioether (sulfide) groups is 1. The number of anilines is 1. The highest BCUT2D eigenvalue weighted by molar-refractivity contribution is 7.99. The predicted octanol–water partition coefficient (Wildman–Crippen LogP) is 4.98. The van der Waals surface area contributed by atoms with Gasteiger partial charge in [-0.25, -0.2) is 0 Å². The van der Waals surface area contributed by atoms with Crippen LogP contribution in [0.2, 0.25) is 0 Å². The molecule has 1 heterocycles. The number of amides is 1. The summed E-state index contributed by atoms with van der Waals surface area (Å²) in [6, 6.07) is 17.5. The second kappa shape index (κ2) is 8.67. The molecule has 5 nitrogen and oxygen atoms in total. The molecule has 0 saturated heterocycles. The van der Waals surface area contributed by atoms with Crippen LogP contribution in [0.5, 0.6) is 0 Å². The molecule has 2 aromatic carbocycles. The van der Waals surface area contributed by atoms with Crippen LogP contribution in [0.1, 0.15) is 31.7 Å². The van der Waals surface area contributed by atoms with E-state index in [0.29, 0.717) is 17.0 Å². The van der Waals surface area contributed by atoms with Crippen LogP contribution < -0.4 is 5.32 Å². The molecule has 0 aliphatic carbocycles. The van der Waals surface area contributed by atoms with E-state index in [9.17, 15) is 4.79 Å². The second-order valence-corrected chi connectivity index (χ2v) is 6.90. The third-order valence-electron chi connectivity index (χ3n) is 4.13. The van der Waals surface area contributed by atoms with Gasteiger partial charge in [0.15, 0.2) is 0 Å². The highest BCUT2D eigenvalue weighted by atomic mass is 32.2. The summed E-state index contributed by atoms with van der Waals surface area (Å²) in [7, 11) is 0. The average Bonchev–Trinajstić information content (AvgIpc) is 3.16. The molecule has 6 heteroatoms. The van der Waals surface area contributed by atoms with Crippen LogP contribution in [0.25, 0.3) is 11.5 Å². The summed E-state index contributed by atoms with van der Waals surface area (Å²) >= 11 is 1.23. The highest BCUT2D eigenvalue weighted by Gasteiger charge is 2.13. The van der Waals surface area contributed by atoms with Crippen LogP contribution in [0.3, 0.4) is 0 Å². The van der Waals surface area contributed by atoms with Gasteiger partial charge in [-0.15, -0.1) is 10.2 Å². The molecule has 0 saturated carbocycles. The molecule has 0 spiro atoms. The number of benzene rings is 2. The maximum atomic E-state index is 12.3. The first kappa shape index (κ1) is 18.2. The zero-order valence-electron chi connectivity index (χ0n) is 14.8. The minimum Gasteiger partial charge on any atom is -0.411 e. The minimum atomic E-state index is -0.0924. The van der Waals surface area contributed by atoms with Crippen molar-refractivity contribution in [3.05, 3.63) is 60.2 Å². The Morgan fingerprint density at radius 2 is 1.85 bits per heavy atom. The lowest BCUT2D eigenvalue weighted by Crippen LogP contribution is -2.15. The SMILES string of the molecule is CC[C@@H](C)c1ccccc1NC(=O)CSc1nnc(-c2ccccc2)o1. The van der Waals surface area contributed by atoms with Crippen LogP contribution in [-0.4, -0.2) is 21.9 Å². The second-order valence-electron chi connectivity index (χ2n) is 5.97. The molecule has 0 bridgehead atoms. The molecule has 134 valence electrons. The minimum absolute atomic E-state index is 0.0924. The van der Waals surface area contributed by atoms with Crippen LogP contribution in [0.15, 0.2) is 64.2 Å². The van der Waals surface area contributed by atoms with E-state index in [4.69, 9.17) is 4.42 Å². The number of rotatable bonds is 7. The molecule has 0 fully saturated rings. The monoisotopic (exact) mass is 367 g/mol. The number of carbonyl (C=O) groups is 1. The number of aromatic nitrogens is 2. The summed E-state index contributed by atoms with van der Waals surface area (Å²) in [6.07, 6.45) is 1.02. The van der Waals surface area contributed by atoms with E-state index >= 15 is 0 Å². The van der Waals surface area contributed by atoms with Crippen molar-refractivity contribution in [2.45, 2.75) is 31.4 Å². The van der Waals surface area contributed by atoms with E-state index in [1.165, 1.54) is 11.8 Å². The number of para-hydroxylation sites is 1. The summed E-state index contributed by atoms with van der Waals surface area (Å²) in [6.45, 7) is 4.29. The third-order valence-corrected chi connectivity index (χ3v) is 4.95. The van der Waals surface area contributed by atoms with Gasteiger partial charge in [-0.05, 0) is 36.1 Å². The van der Waals surface area contributed by atoms with Crippen molar-refractivity contribution in [1.82, 2.24) is 10.2 Å². The van der Waals surface area contributed by atoms with Crippen molar-refractivity contribution in [1.29, 1.82) is 0 Å². The first-order valence-electron chi connectivity index (χ1n) is 8.58. The first-order chi connectivity index (χ1) is 12.7. The zero-order valence-corrected chi connectivity index (χ0v) is 15.6. The fraction of sp³-hybridized carbons (Fsp3) is 0.250. The molecule has 0 unspecified atom stereocenters. The maximum Gasteiger partial charge on any atom is 0.277 e. The summed E-state index contributed by atoms with van der Waals surface area (Å²) in [5.74, 6) is 0.968. The van der Waals surface area contributed by atoms with Crippen molar-refractivity contribution in [3.63, 3.8) is 0 Å². The smallest absolute Gasteiger partial charge is 0.277 e. The van der Waals surface area contributed by atoms with Crippen molar-refractivity contribution in [2.75, 3.05) is 11.1 Å². The van der Waals surface area contributed by atoms with Crippen molar-refractivity contribution in [2.24, 2.45) is 0 Å². The lowest BCUT2D eigenvalue weighted by atomic mass is 9.97. The molecule has 0 aliphatic heterocycles. The van der Waals surface area contributed by atoms with E-state index in [0.717, 1.165) is 23.2 Å². The predicted molar refractivity (Wildman–Crippen MR) is 104 cm³/mol. The van der Waals surface area contributed by atoms with Crippen LogP contribution in [0, 0.1) is 0 Å². The summed E-state index contributed by atoms with van der Waals surface area (Å²) in [5.41, 5.74) is 2.87. The van der Waals surface area contributed by atoms with Gasteiger partial charge < -0.3 is 9.73 Å². The number of hydrogen-bond acceptors (Lipinski definition) is 5. The fourth-order valence-electron chi connectivity index (χ4n) is 2.54. The normalized spacial score (nSPS) is 11.9. The van der Waals surface area contributed by atoms with Gasteiger partial charge in [0.1, 0.15) is 0 Å². The van der Waals surface area contributed by atoms with Crippen LogP contribution >= 0.6 is 11.8 Å². The van der Waals surface area contributed by atoms with E-state index in [2.05, 4.69) is 35.4 Å². The Kier molecular flexibility index (Phi) is 6.07. The molecule has 1 N–H and O–H groups in total. The lowest BCUT2D eigenvalue weighted by molar-refractivity contribution is -0.113. The Morgan fingerprint density at radius 1 is 1.12 bits per heavy atom. The average molecular weight is 367 g/mol. The van der Waals surface area contributed by atoms with Crippen LogP contribution in [-0.2, 0) is 4.79 Å².